The molecular weight excluding hydrogens is 738 g/mol. The van der Waals surface area contributed by atoms with Gasteiger partial charge in [-0.1, -0.05) is 192 Å². The van der Waals surface area contributed by atoms with E-state index in [1.54, 1.807) is 0 Å². The van der Waals surface area contributed by atoms with E-state index in [0.29, 0.717) is 40.3 Å². The number of hydrogen-bond donors (Lipinski definition) is 0. The van der Waals surface area contributed by atoms with E-state index in [4.69, 9.17) is 0 Å². The molecule has 0 aromatic heterocycles. The van der Waals surface area contributed by atoms with Gasteiger partial charge < -0.3 is 0 Å². The van der Waals surface area contributed by atoms with Gasteiger partial charge in [0.2, 0.25) is 0 Å². The van der Waals surface area contributed by atoms with E-state index in [0.717, 1.165) is 0 Å². The Labute approximate surface area is 315 Å². The van der Waals surface area contributed by atoms with Gasteiger partial charge in [0.1, 0.15) is 0 Å². The summed E-state index contributed by atoms with van der Waals surface area (Å²) in [7, 11) is 2.06. The fourth-order valence-corrected chi connectivity index (χ4v) is 116. The summed E-state index contributed by atoms with van der Waals surface area (Å²) in [5, 5.41) is 4.21. The van der Waals surface area contributed by atoms with Crippen molar-refractivity contribution in [2.75, 3.05) is 0 Å². The molecule has 1 heterocycles. The maximum absolute atomic E-state index is 2.74. The van der Waals surface area contributed by atoms with Crippen molar-refractivity contribution in [1.82, 2.24) is 0 Å². The summed E-state index contributed by atoms with van der Waals surface area (Å²) in [6.07, 6.45) is 0. The van der Waals surface area contributed by atoms with Crippen LogP contribution in [0.3, 0.4) is 0 Å². The molecule has 8 radical (unpaired) electrons. The molecule has 0 unspecified atom stereocenters. The van der Waals surface area contributed by atoms with E-state index in [1.165, 1.54) is 0 Å². The van der Waals surface area contributed by atoms with Gasteiger partial charge in [-0.25, -0.2) is 0 Å². The van der Waals surface area contributed by atoms with Crippen molar-refractivity contribution in [3.05, 3.63) is 0 Å². The van der Waals surface area contributed by atoms with E-state index in [2.05, 4.69) is 214 Å². The van der Waals surface area contributed by atoms with E-state index < -0.39 is 15.2 Å². The predicted octanol–water partition coefficient (Wildman–Crippen LogP) is 15.0. The van der Waals surface area contributed by atoms with Crippen LogP contribution < -0.4 is 0 Å². The van der Waals surface area contributed by atoms with E-state index >= 15 is 0 Å². The molecule has 1 fully saturated rings. The van der Waals surface area contributed by atoms with Gasteiger partial charge in [-0.2, -0.15) is 21.3 Å². The Morgan fingerprint density at radius 1 is 0.356 bits per heavy atom. The first kappa shape index (κ1) is 51.9. The molecule has 45 heavy (non-hydrogen) atoms. The molecule has 1 rings (SSSR count). The molecule has 0 aromatic rings. The molecule has 0 N–H and O–H groups in total. The second-order valence-corrected chi connectivity index (χ2v) is 67.5. The molecule has 0 bridgehead atoms. The van der Waals surface area contributed by atoms with Crippen LogP contribution in [0.1, 0.15) is 166 Å². The Bertz CT molecular complexity index is 748. The SMILES string of the molecule is CC(C)(C)[Si](C)([Si]1S[Si]([Si](C)(C(C)(C)C)C(C)(C)C)S1)C(C)(C)C.C[Si](C(C)(C)C)C(C)(C)C.C[Si](C(C)(C)C)C(C)(C)C.[Ge]. The first-order chi connectivity index (χ1) is 18.5. The fraction of sp³-hybridized carbons (Fsp3) is 1.00. The third-order valence-electron chi connectivity index (χ3n) is 11.7. The number of rotatable bonds is 2. The van der Waals surface area contributed by atoms with Crippen LogP contribution >= 0.6 is 21.3 Å². The topological polar surface area (TPSA) is 0 Å². The van der Waals surface area contributed by atoms with Gasteiger partial charge in [0.25, 0.3) is 0 Å². The van der Waals surface area contributed by atoms with Crippen LogP contribution in [0.2, 0.25) is 66.5 Å². The summed E-state index contributed by atoms with van der Waals surface area (Å²) >= 11 is 0. The van der Waals surface area contributed by atoms with Crippen molar-refractivity contribution in [2.24, 2.45) is 0 Å². The minimum atomic E-state index is -1.33. The van der Waals surface area contributed by atoms with E-state index in [9.17, 15) is 0 Å². The summed E-state index contributed by atoms with van der Waals surface area (Å²) in [4.78, 5) is 0. The van der Waals surface area contributed by atoms with Crippen molar-refractivity contribution < 1.29 is 0 Å². The minimum absolute atomic E-state index is 0. The average molecular weight is 822 g/mol. The molecule has 1 aliphatic rings. The Hall–Kier alpha value is 2.54. The van der Waals surface area contributed by atoms with Crippen LogP contribution in [0.5, 0.6) is 0 Å². The minimum Gasteiger partial charge on any atom is -0.191 e. The monoisotopic (exact) mass is 822 g/mol. The summed E-state index contributed by atoms with van der Waals surface area (Å²) in [6, 6.07) is 0. The molecule has 0 spiro atoms. The fourth-order valence-electron chi connectivity index (χ4n) is 6.31. The Morgan fingerprint density at radius 2 is 0.489 bits per heavy atom. The Kier molecular flexibility index (Phi) is 19.0. The molecule has 0 amide bonds. The van der Waals surface area contributed by atoms with Crippen LogP contribution in [0.25, 0.3) is 0 Å². The van der Waals surface area contributed by atoms with Gasteiger partial charge in [-0.05, 0) is 40.3 Å². The maximum Gasteiger partial charge on any atom is 0.165 e. The zero-order valence-electron chi connectivity index (χ0n) is 36.3. The number of hydrogen-bond acceptors (Lipinski definition) is 2. The standard InChI is InChI=1S/C18H42S2Si4.2C9H21Si.Ge/c1-15(2,3)23(13,16(4,5)6)21-19-22(20-21)24(14,17(7,8)9)18(10,11)12;2*1-8(2,3)10(7)9(4,5)6;/h1-14H3;2*1-7H3;. The van der Waals surface area contributed by atoms with Crippen molar-refractivity contribution in [2.45, 2.75) is 233 Å². The molecular formula is C36H84GeS2Si6. The zero-order chi connectivity index (χ0) is 36.7. The molecule has 0 atom stereocenters. The molecule has 1 saturated heterocycles. The summed E-state index contributed by atoms with van der Waals surface area (Å²) in [5.41, 5.74) is 0. The van der Waals surface area contributed by atoms with Gasteiger partial charge >= 0.3 is 0 Å². The first-order valence-electron chi connectivity index (χ1n) is 17.3. The third kappa shape index (κ3) is 13.6. The average Bonchev–Trinajstić information content (AvgIpc) is 2.66. The van der Waals surface area contributed by atoms with Crippen molar-refractivity contribution in [1.29, 1.82) is 0 Å². The van der Waals surface area contributed by atoms with Gasteiger partial charge in [0.15, 0.2) is 13.2 Å². The Morgan fingerprint density at radius 3 is 0.556 bits per heavy atom. The van der Waals surface area contributed by atoms with Gasteiger partial charge in [-0.3, -0.25) is 0 Å². The smallest absolute Gasteiger partial charge is 0.165 e. The summed E-state index contributed by atoms with van der Waals surface area (Å²) in [6.45, 7) is 68.5. The molecule has 268 valence electrons. The predicted molar refractivity (Wildman–Crippen MR) is 237 cm³/mol. The zero-order valence-corrected chi connectivity index (χ0v) is 46.0. The second-order valence-electron chi connectivity index (χ2n) is 22.3. The summed E-state index contributed by atoms with van der Waals surface area (Å²) in [5.74, 6) is 0. The van der Waals surface area contributed by atoms with Crippen molar-refractivity contribution in [3.63, 3.8) is 0 Å². The van der Waals surface area contributed by atoms with E-state index in [1.807, 2.05) is 0 Å². The quantitative estimate of drug-likeness (QED) is 0.255. The molecule has 0 nitrogen and oxygen atoms in total. The van der Waals surface area contributed by atoms with E-state index in [-0.39, 0.29) is 48.4 Å². The molecule has 0 aromatic carbocycles. The third-order valence-corrected chi connectivity index (χ3v) is 92.6. The molecule has 0 aliphatic carbocycles. The van der Waals surface area contributed by atoms with Gasteiger partial charge in [-0.15, -0.1) is 0 Å². The largest absolute Gasteiger partial charge is 0.191 e. The van der Waals surface area contributed by atoms with Crippen LogP contribution in [-0.2, 0) is 0 Å². The van der Waals surface area contributed by atoms with Crippen LogP contribution in [0.15, 0.2) is 0 Å². The first-order valence-corrected chi connectivity index (χ1v) is 35.8. The molecule has 0 saturated carbocycles. The summed E-state index contributed by atoms with van der Waals surface area (Å²) < 4.78 is 0. The van der Waals surface area contributed by atoms with Crippen LogP contribution in [0, 0.1) is 0 Å². The molecule has 9 heteroatoms. The maximum atomic E-state index is 2.74. The van der Waals surface area contributed by atoms with Crippen LogP contribution in [0.4, 0.5) is 0 Å². The van der Waals surface area contributed by atoms with Crippen molar-refractivity contribution >= 4 is 84.9 Å². The van der Waals surface area contributed by atoms with Crippen LogP contribution in [-0.4, -0.2) is 63.6 Å². The Balaban J connectivity index is -0.000000696. The van der Waals surface area contributed by atoms with Gasteiger partial charge in [0.05, 0.1) is 32.8 Å². The normalized spacial score (nSPS) is 17.2. The second kappa shape index (κ2) is 16.5. The van der Waals surface area contributed by atoms with Gasteiger partial charge in [0, 0.05) is 17.6 Å². The van der Waals surface area contributed by atoms with Crippen molar-refractivity contribution in [3.8, 4) is 0 Å². The molecule has 1 aliphatic heterocycles.